The van der Waals surface area contributed by atoms with E-state index in [-0.39, 0.29) is 5.91 Å². The second-order valence-corrected chi connectivity index (χ2v) is 4.89. The molecule has 0 saturated heterocycles. The molecule has 1 amide bonds. The van der Waals surface area contributed by atoms with Gasteiger partial charge in [0.05, 0.1) is 16.9 Å². The van der Waals surface area contributed by atoms with E-state index < -0.39 is 0 Å². The van der Waals surface area contributed by atoms with Gasteiger partial charge in [-0.2, -0.15) is 0 Å². The molecule has 22 heavy (non-hydrogen) atoms. The summed E-state index contributed by atoms with van der Waals surface area (Å²) in [6.45, 7) is 0.949. The summed E-state index contributed by atoms with van der Waals surface area (Å²) in [4.78, 5) is 27.2. The number of hydrogen-bond donors (Lipinski definition) is 3. The molecule has 112 valence electrons. The van der Waals surface area contributed by atoms with E-state index >= 15 is 0 Å². The number of aromatic nitrogens is 4. The molecule has 0 aliphatic heterocycles. The number of hydrogen-bond acceptors (Lipinski definition) is 5. The van der Waals surface area contributed by atoms with E-state index in [0.717, 1.165) is 5.52 Å². The molecule has 3 N–H and O–H groups in total. The Labute approximate surface area is 131 Å². The minimum atomic E-state index is -0.207. The standard InChI is InChI=1S/C14H13ClN6O/c15-10-4-2-1-3-9(10)14(22)17-6-5-16-12-11-13(19-7-18-11)21-8-20-12/h1-4,7-8H,5-6H2,(H,17,22)(H2,16,18,19,20,21). The molecule has 0 unspecified atom stereocenters. The number of imidazole rings is 1. The second kappa shape index (κ2) is 6.40. The first-order valence-electron chi connectivity index (χ1n) is 6.66. The molecule has 2 aromatic heterocycles. The summed E-state index contributed by atoms with van der Waals surface area (Å²) < 4.78 is 0. The van der Waals surface area contributed by atoms with Gasteiger partial charge >= 0.3 is 0 Å². The number of carbonyl (C=O) groups is 1. The van der Waals surface area contributed by atoms with E-state index in [4.69, 9.17) is 11.6 Å². The molecule has 0 atom stereocenters. The van der Waals surface area contributed by atoms with Gasteiger partial charge in [0.2, 0.25) is 0 Å². The van der Waals surface area contributed by atoms with E-state index in [9.17, 15) is 4.79 Å². The molecule has 0 saturated carbocycles. The molecule has 0 fully saturated rings. The van der Waals surface area contributed by atoms with Gasteiger partial charge in [0, 0.05) is 13.1 Å². The van der Waals surface area contributed by atoms with Crippen molar-refractivity contribution in [2.24, 2.45) is 0 Å². The molecule has 0 spiro atoms. The monoisotopic (exact) mass is 316 g/mol. The van der Waals surface area contributed by atoms with Crippen LogP contribution in [0.15, 0.2) is 36.9 Å². The van der Waals surface area contributed by atoms with Crippen molar-refractivity contribution >= 4 is 34.5 Å². The summed E-state index contributed by atoms with van der Waals surface area (Å²) in [7, 11) is 0. The van der Waals surface area contributed by atoms with Crippen LogP contribution in [0.2, 0.25) is 5.02 Å². The van der Waals surface area contributed by atoms with E-state index in [1.807, 2.05) is 0 Å². The predicted octanol–water partition coefficient (Wildman–Crippen LogP) is 1.85. The summed E-state index contributed by atoms with van der Waals surface area (Å²) in [5.74, 6) is 0.441. The number of amides is 1. The molecule has 8 heteroatoms. The van der Waals surface area contributed by atoms with Crippen LogP contribution >= 0.6 is 11.6 Å². The van der Waals surface area contributed by atoms with Gasteiger partial charge in [-0.15, -0.1) is 0 Å². The molecule has 3 rings (SSSR count). The SMILES string of the molecule is O=C(NCCNc1ncnc2nc[nH]c12)c1ccccc1Cl. The van der Waals surface area contributed by atoms with E-state index in [1.165, 1.54) is 6.33 Å². The highest BCUT2D eigenvalue weighted by Crippen LogP contribution is 2.15. The van der Waals surface area contributed by atoms with Crippen molar-refractivity contribution in [2.75, 3.05) is 18.4 Å². The highest BCUT2D eigenvalue weighted by atomic mass is 35.5. The third-order valence-corrected chi connectivity index (χ3v) is 3.37. The van der Waals surface area contributed by atoms with Crippen LogP contribution in [-0.2, 0) is 0 Å². The quantitative estimate of drug-likeness (QED) is 0.624. The lowest BCUT2D eigenvalue weighted by Crippen LogP contribution is -2.29. The van der Waals surface area contributed by atoms with Crippen LogP contribution in [0.5, 0.6) is 0 Å². The Kier molecular flexibility index (Phi) is 4.15. The van der Waals surface area contributed by atoms with Crippen molar-refractivity contribution in [3.63, 3.8) is 0 Å². The zero-order chi connectivity index (χ0) is 15.4. The normalized spacial score (nSPS) is 10.6. The molecule has 7 nitrogen and oxygen atoms in total. The maximum atomic E-state index is 12.0. The van der Waals surface area contributed by atoms with E-state index in [2.05, 4.69) is 30.6 Å². The summed E-state index contributed by atoms with van der Waals surface area (Å²) in [5.41, 5.74) is 1.79. The third-order valence-electron chi connectivity index (χ3n) is 3.04. The van der Waals surface area contributed by atoms with Crippen molar-refractivity contribution in [3.8, 4) is 0 Å². The number of anilines is 1. The third kappa shape index (κ3) is 2.99. The fourth-order valence-corrected chi connectivity index (χ4v) is 2.22. The molecule has 0 aliphatic carbocycles. The fourth-order valence-electron chi connectivity index (χ4n) is 2.00. The van der Waals surface area contributed by atoms with Gasteiger partial charge in [0.1, 0.15) is 11.8 Å². The molecule has 0 bridgehead atoms. The Morgan fingerprint density at radius 1 is 1.18 bits per heavy atom. The van der Waals surface area contributed by atoms with E-state index in [1.54, 1.807) is 30.6 Å². The minimum Gasteiger partial charge on any atom is -0.366 e. The number of aromatic amines is 1. The summed E-state index contributed by atoms with van der Waals surface area (Å²) in [6, 6.07) is 6.93. The summed E-state index contributed by atoms with van der Waals surface area (Å²) in [6.07, 6.45) is 3.00. The smallest absolute Gasteiger partial charge is 0.252 e. The molecular weight excluding hydrogens is 304 g/mol. The average molecular weight is 317 g/mol. The molecule has 3 aromatic rings. The summed E-state index contributed by atoms with van der Waals surface area (Å²) in [5, 5.41) is 6.36. The van der Waals surface area contributed by atoms with Crippen molar-refractivity contribution < 1.29 is 4.79 Å². The zero-order valence-corrected chi connectivity index (χ0v) is 12.3. The van der Waals surface area contributed by atoms with Crippen molar-refractivity contribution in [3.05, 3.63) is 47.5 Å². The maximum absolute atomic E-state index is 12.0. The topological polar surface area (TPSA) is 95.6 Å². The van der Waals surface area contributed by atoms with Crippen LogP contribution in [0.25, 0.3) is 11.2 Å². The highest BCUT2D eigenvalue weighted by molar-refractivity contribution is 6.33. The maximum Gasteiger partial charge on any atom is 0.252 e. The molecule has 0 aliphatic rings. The van der Waals surface area contributed by atoms with Crippen LogP contribution < -0.4 is 10.6 Å². The lowest BCUT2D eigenvalue weighted by molar-refractivity contribution is 0.0955. The van der Waals surface area contributed by atoms with Gasteiger partial charge < -0.3 is 15.6 Å². The van der Waals surface area contributed by atoms with Crippen LogP contribution in [0.4, 0.5) is 5.82 Å². The largest absolute Gasteiger partial charge is 0.366 e. The highest BCUT2D eigenvalue weighted by Gasteiger charge is 2.09. The Morgan fingerprint density at radius 2 is 2.05 bits per heavy atom. The van der Waals surface area contributed by atoms with Crippen LogP contribution in [-0.4, -0.2) is 38.9 Å². The fraction of sp³-hybridized carbons (Fsp3) is 0.143. The van der Waals surface area contributed by atoms with E-state index in [0.29, 0.717) is 35.1 Å². The first-order valence-corrected chi connectivity index (χ1v) is 7.04. The second-order valence-electron chi connectivity index (χ2n) is 4.49. The minimum absolute atomic E-state index is 0.207. The first kappa shape index (κ1) is 14.3. The number of benzene rings is 1. The number of halogens is 1. The predicted molar refractivity (Wildman–Crippen MR) is 84.0 cm³/mol. The average Bonchev–Trinajstić information content (AvgIpc) is 3.01. The van der Waals surface area contributed by atoms with Gasteiger partial charge in [0.15, 0.2) is 11.5 Å². The number of carbonyl (C=O) groups excluding carboxylic acids is 1. The number of nitrogens with zero attached hydrogens (tertiary/aromatic N) is 3. The first-order chi connectivity index (χ1) is 10.8. The Balaban J connectivity index is 1.55. The number of fused-ring (bicyclic) bond motifs is 1. The molecule has 2 heterocycles. The van der Waals surface area contributed by atoms with Gasteiger partial charge in [-0.05, 0) is 12.1 Å². The number of nitrogens with one attached hydrogen (secondary N) is 3. The van der Waals surface area contributed by atoms with Crippen LogP contribution in [0, 0.1) is 0 Å². The Hall–Kier alpha value is -2.67. The Bertz CT molecular complexity index is 803. The molecular formula is C14H13ClN6O. The van der Waals surface area contributed by atoms with Crippen LogP contribution in [0.1, 0.15) is 10.4 Å². The summed E-state index contributed by atoms with van der Waals surface area (Å²) >= 11 is 5.98. The van der Waals surface area contributed by atoms with Gasteiger partial charge in [0.25, 0.3) is 5.91 Å². The van der Waals surface area contributed by atoms with Gasteiger partial charge in [-0.3, -0.25) is 4.79 Å². The number of H-pyrrole nitrogens is 1. The lowest BCUT2D eigenvalue weighted by atomic mass is 10.2. The van der Waals surface area contributed by atoms with Crippen molar-refractivity contribution in [1.82, 2.24) is 25.3 Å². The lowest BCUT2D eigenvalue weighted by Gasteiger charge is -2.08. The van der Waals surface area contributed by atoms with Crippen molar-refractivity contribution in [1.29, 1.82) is 0 Å². The van der Waals surface area contributed by atoms with Crippen molar-refractivity contribution in [2.45, 2.75) is 0 Å². The Morgan fingerprint density at radius 3 is 2.91 bits per heavy atom. The molecule has 1 aromatic carbocycles. The van der Waals surface area contributed by atoms with Crippen LogP contribution in [0.3, 0.4) is 0 Å². The zero-order valence-electron chi connectivity index (χ0n) is 11.5. The number of rotatable bonds is 5. The van der Waals surface area contributed by atoms with Gasteiger partial charge in [-0.1, -0.05) is 23.7 Å². The molecule has 0 radical (unpaired) electrons. The van der Waals surface area contributed by atoms with Gasteiger partial charge in [-0.25, -0.2) is 15.0 Å².